The zero-order valence-electron chi connectivity index (χ0n) is 17.7. The molecule has 9 heteroatoms. The molecule has 1 N–H and O–H groups in total. The van der Waals surface area contributed by atoms with E-state index >= 15 is 0 Å². The van der Waals surface area contributed by atoms with E-state index in [1.807, 2.05) is 13.0 Å². The number of carbonyl (C=O) groups excluding carboxylic acids is 2. The molecule has 0 atom stereocenters. The molecule has 32 heavy (non-hydrogen) atoms. The Labute approximate surface area is 183 Å². The summed E-state index contributed by atoms with van der Waals surface area (Å²) < 4.78 is 40.7. The van der Waals surface area contributed by atoms with E-state index < -0.39 is 17.6 Å². The summed E-state index contributed by atoms with van der Waals surface area (Å²) in [6.45, 7) is 3.32. The number of aromatic nitrogens is 2. The summed E-state index contributed by atoms with van der Waals surface area (Å²) in [4.78, 5) is 33.2. The normalized spacial score (nSPS) is 11.2. The Kier molecular flexibility index (Phi) is 6.57. The van der Waals surface area contributed by atoms with Crippen molar-refractivity contribution >= 4 is 17.5 Å². The minimum atomic E-state index is -4.65. The summed E-state index contributed by atoms with van der Waals surface area (Å²) in [6.07, 6.45) is -1.68. The van der Waals surface area contributed by atoms with Crippen molar-refractivity contribution in [1.29, 1.82) is 0 Å². The quantitative estimate of drug-likeness (QED) is 0.636. The van der Waals surface area contributed by atoms with E-state index in [9.17, 15) is 22.8 Å². The lowest BCUT2D eigenvalue weighted by Gasteiger charge is -2.21. The first-order chi connectivity index (χ1) is 15.1. The van der Waals surface area contributed by atoms with Gasteiger partial charge in [-0.15, -0.1) is 0 Å². The Morgan fingerprint density at radius 1 is 1.09 bits per heavy atom. The molecule has 3 rings (SSSR count). The predicted molar refractivity (Wildman–Crippen MR) is 114 cm³/mol. The van der Waals surface area contributed by atoms with Crippen LogP contribution in [0.1, 0.15) is 34.1 Å². The Balaban J connectivity index is 1.81. The van der Waals surface area contributed by atoms with Crippen molar-refractivity contribution < 1.29 is 22.8 Å². The number of nitrogens with one attached hydrogen (secondary N) is 1. The summed E-state index contributed by atoms with van der Waals surface area (Å²) in [5.74, 6) is -0.875. The molecule has 0 fully saturated rings. The first-order valence-electron chi connectivity index (χ1n) is 9.68. The smallest absolute Gasteiger partial charge is 0.348 e. The topological polar surface area (TPSA) is 75.2 Å². The lowest BCUT2D eigenvalue weighted by atomic mass is 10.0. The molecule has 0 aliphatic heterocycles. The predicted octanol–water partition coefficient (Wildman–Crippen LogP) is 4.38. The fourth-order valence-corrected chi connectivity index (χ4v) is 3.07. The Morgan fingerprint density at radius 3 is 2.44 bits per heavy atom. The Hall–Kier alpha value is -3.75. The molecule has 0 aliphatic carbocycles. The standard InChI is InChI=1S/C23H21F3N4O2/c1-14-17(5-4-10-27-14)12-29-22(32)18-6-8-20(28-13-18)16-7-9-21(30(3)15(2)31)19(11-16)23(24,25)26/h4-11,13H,12H2,1-3H3,(H,29,32). The molecule has 0 bridgehead atoms. The Morgan fingerprint density at radius 2 is 1.84 bits per heavy atom. The van der Waals surface area contributed by atoms with Crippen molar-refractivity contribution in [1.82, 2.24) is 15.3 Å². The van der Waals surface area contributed by atoms with Crippen molar-refractivity contribution in [3.05, 3.63) is 77.2 Å². The molecule has 2 aromatic heterocycles. The van der Waals surface area contributed by atoms with Crippen molar-refractivity contribution in [2.24, 2.45) is 0 Å². The number of benzene rings is 1. The van der Waals surface area contributed by atoms with E-state index in [1.54, 1.807) is 12.3 Å². The van der Waals surface area contributed by atoms with Crippen LogP contribution in [-0.2, 0) is 17.5 Å². The molecular formula is C23H21F3N4O2. The highest BCUT2D eigenvalue weighted by atomic mass is 19.4. The molecule has 0 spiro atoms. The van der Waals surface area contributed by atoms with Gasteiger partial charge in [0.15, 0.2) is 0 Å². The molecule has 0 saturated heterocycles. The summed E-state index contributed by atoms with van der Waals surface area (Å²) in [6, 6.07) is 10.2. The van der Waals surface area contributed by atoms with E-state index in [0.717, 1.165) is 22.2 Å². The number of alkyl halides is 3. The van der Waals surface area contributed by atoms with E-state index in [0.29, 0.717) is 6.54 Å². The maximum Gasteiger partial charge on any atom is 0.418 e. The second-order valence-electron chi connectivity index (χ2n) is 7.17. The highest BCUT2D eigenvalue weighted by Gasteiger charge is 2.35. The maximum absolute atomic E-state index is 13.6. The zero-order valence-corrected chi connectivity index (χ0v) is 17.7. The number of rotatable bonds is 5. The van der Waals surface area contributed by atoms with Gasteiger partial charge in [-0.2, -0.15) is 13.2 Å². The van der Waals surface area contributed by atoms with Gasteiger partial charge in [-0.1, -0.05) is 12.1 Å². The van der Waals surface area contributed by atoms with Crippen LogP contribution in [0.3, 0.4) is 0 Å². The number of hydrogen-bond acceptors (Lipinski definition) is 4. The van der Waals surface area contributed by atoms with Gasteiger partial charge in [-0.25, -0.2) is 0 Å². The van der Waals surface area contributed by atoms with Gasteiger partial charge >= 0.3 is 6.18 Å². The van der Waals surface area contributed by atoms with Crippen LogP contribution in [0.25, 0.3) is 11.3 Å². The fourth-order valence-electron chi connectivity index (χ4n) is 3.07. The third kappa shape index (κ3) is 5.11. The summed E-state index contributed by atoms with van der Waals surface area (Å²) in [7, 11) is 1.28. The van der Waals surface area contributed by atoms with Gasteiger partial charge in [0.25, 0.3) is 5.91 Å². The molecule has 6 nitrogen and oxygen atoms in total. The van der Waals surface area contributed by atoms with Crippen molar-refractivity contribution in [3.8, 4) is 11.3 Å². The number of halogens is 3. The molecule has 0 aliphatic rings. The molecule has 3 aromatic rings. The average molecular weight is 442 g/mol. The van der Waals surface area contributed by atoms with Gasteiger partial charge in [-0.3, -0.25) is 19.6 Å². The third-order valence-corrected chi connectivity index (χ3v) is 5.01. The van der Waals surface area contributed by atoms with Gasteiger partial charge in [0.2, 0.25) is 5.91 Å². The van der Waals surface area contributed by atoms with Crippen LogP contribution < -0.4 is 10.2 Å². The SMILES string of the molecule is CC(=O)N(C)c1ccc(-c2ccc(C(=O)NCc3cccnc3C)cn2)cc1C(F)(F)F. The first kappa shape index (κ1) is 22.9. The molecule has 0 saturated carbocycles. The zero-order chi connectivity index (χ0) is 23.5. The molecule has 1 aromatic carbocycles. The lowest BCUT2D eigenvalue weighted by molar-refractivity contribution is -0.137. The van der Waals surface area contributed by atoms with E-state index in [4.69, 9.17) is 0 Å². The van der Waals surface area contributed by atoms with Crippen molar-refractivity contribution in [2.75, 3.05) is 11.9 Å². The van der Waals surface area contributed by atoms with Gasteiger partial charge in [0, 0.05) is 44.2 Å². The van der Waals surface area contributed by atoms with Gasteiger partial charge < -0.3 is 10.2 Å². The third-order valence-electron chi connectivity index (χ3n) is 5.01. The van der Waals surface area contributed by atoms with Crippen LogP contribution in [0.15, 0.2) is 54.9 Å². The second-order valence-corrected chi connectivity index (χ2v) is 7.17. The average Bonchev–Trinajstić information content (AvgIpc) is 2.77. The second kappa shape index (κ2) is 9.17. The number of aryl methyl sites for hydroxylation is 1. The summed E-state index contributed by atoms with van der Waals surface area (Å²) in [5, 5.41) is 2.77. The number of carbonyl (C=O) groups is 2. The van der Waals surface area contributed by atoms with Crippen LogP contribution in [0.2, 0.25) is 0 Å². The van der Waals surface area contributed by atoms with Crippen LogP contribution >= 0.6 is 0 Å². The van der Waals surface area contributed by atoms with Crippen molar-refractivity contribution in [3.63, 3.8) is 0 Å². The lowest BCUT2D eigenvalue weighted by Crippen LogP contribution is -2.26. The molecular weight excluding hydrogens is 421 g/mol. The van der Waals surface area contributed by atoms with Crippen LogP contribution in [0, 0.1) is 6.92 Å². The molecule has 0 unspecified atom stereocenters. The summed E-state index contributed by atoms with van der Waals surface area (Å²) >= 11 is 0. The van der Waals surface area contributed by atoms with E-state index in [2.05, 4.69) is 15.3 Å². The highest BCUT2D eigenvalue weighted by Crippen LogP contribution is 2.38. The van der Waals surface area contributed by atoms with Crippen molar-refractivity contribution in [2.45, 2.75) is 26.6 Å². The number of pyridine rings is 2. The Bertz CT molecular complexity index is 1140. The molecule has 2 amide bonds. The molecule has 0 radical (unpaired) electrons. The number of hydrogen-bond donors (Lipinski definition) is 1. The van der Waals surface area contributed by atoms with Crippen LogP contribution in [0.5, 0.6) is 0 Å². The van der Waals surface area contributed by atoms with Gasteiger partial charge in [0.05, 0.1) is 22.5 Å². The van der Waals surface area contributed by atoms with Crippen LogP contribution in [-0.4, -0.2) is 28.8 Å². The molecule has 2 heterocycles. The monoisotopic (exact) mass is 442 g/mol. The minimum absolute atomic E-state index is 0.218. The highest BCUT2D eigenvalue weighted by molar-refractivity contribution is 5.94. The van der Waals surface area contributed by atoms with Crippen LogP contribution in [0.4, 0.5) is 18.9 Å². The number of anilines is 1. The minimum Gasteiger partial charge on any atom is -0.348 e. The van der Waals surface area contributed by atoms with Gasteiger partial charge in [-0.05, 0) is 42.8 Å². The first-order valence-corrected chi connectivity index (χ1v) is 9.68. The van der Waals surface area contributed by atoms with Gasteiger partial charge in [0.1, 0.15) is 0 Å². The number of amides is 2. The summed E-state index contributed by atoms with van der Waals surface area (Å²) in [5.41, 5.74) is 1.27. The fraction of sp³-hybridized carbons (Fsp3) is 0.217. The largest absolute Gasteiger partial charge is 0.418 e. The number of nitrogens with zero attached hydrogens (tertiary/aromatic N) is 3. The maximum atomic E-state index is 13.6. The molecule has 166 valence electrons. The van der Waals surface area contributed by atoms with E-state index in [1.165, 1.54) is 44.4 Å². The van der Waals surface area contributed by atoms with E-state index in [-0.39, 0.29) is 28.4 Å².